The van der Waals surface area contributed by atoms with Gasteiger partial charge in [-0.15, -0.1) is 10.2 Å². The molecule has 2 N–H and O–H groups in total. The molecule has 3 aromatic rings. The molecule has 3 heterocycles. The number of allylic oxidation sites excluding steroid dienone is 1. The molecule has 36 heavy (non-hydrogen) atoms. The molecule has 0 unspecified atom stereocenters. The second-order valence-electron chi connectivity index (χ2n) is 10.8. The van der Waals surface area contributed by atoms with Gasteiger partial charge in [-0.05, 0) is 37.1 Å². The van der Waals surface area contributed by atoms with E-state index in [0.29, 0.717) is 30.9 Å². The van der Waals surface area contributed by atoms with Crippen LogP contribution in [0.1, 0.15) is 43.2 Å². The Kier molecular flexibility index (Phi) is 8.16. The number of hydrogen-bond acceptors (Lipinski definition) is 9. The van der Waals surface area contributed by atoms with Crippen molar-refractivity contribution in [3.8, 4) is 0 Å². The molecular weight excluding hydrogens is 486 g/mol. The molecule has 1 aliphatic rings. The maximum atomic E-state index is 8.62. The minimum absolute atomic E-state index is 0.307. The van der Waals surface area contributed by atoms with E-state index in [0.717, 1.165) is 57.0 Å². The van der Waals surface area contributed by atoms with Crippen molar-refractivity contribution in [1.29, 1.82) is 5.41 Å². The van der Waals surface area contributed by atoms with Crippen LogP contribution in [-0.2, 0) is 4.74 Å². The molecule has 8 nitrogen and oxygen atoms in total. The minimum Gasteiger partial charge on any atom is -0.393 e. The average molecular weight is 524 g/mol. The van der Waals surface area contributed by atoms with Gasteiger partial charge in [0.25, 0.3) is 0 Å². The third-order valence-corrected chi connectivity index (χ3v) is 9.00. The molecule has 0 spiro atoms. The fourth-order valence-electron chi connectivity index (χ4n) is 3.67. The molecule has 4 rings (SSSR count). The smallest absolute Gasteiger partial charge is 0.215 e. The lowest BCUT2D eigenvalue weighted by molar-refractivity contribution is 0.153. The molecule has 0 aliphatic heterocycles. The minimum atomic E-state index is -1.19. The topological polar surface area (TPSA) is 99.9 Å². The first-order valence-corrected chi connectivity index (χ1v) is 17.1. The van der Waals surface area contributed by atoms with Gasteiger partial charge in [-0.1, -0.05) is 44.8 Å². The van der Waals surface area contributed by atoms with E-state index in [9.17, 15) is 0 Å². The second-order valence-corrected chi connectivity index (χ2v) is 17.4. The molecule has 3 aromatic heterocycles. The van der Waals surface area contributed by atoms with Crippen LogP contribution < -0.4 is 10.2 Å². The first kappa shape index (κ1) is 26.4. The van der Waals surface area contributed by atoms with Gasteiger partial charge < -0.3 is 15.5 Å². The molecule has 10 heteroatoms. The van der Waals surface area contributed by atoms with E-state index in [1.165, 1.54) is 0 Å². The molecule has 0 bridgehead atoms. The van der Waals surface area contributed by atoms with Gasteiger partial charge in [0.05, 0.1) is 11.0 Å². The van der Waals surface area contributed by atoms with Crippen molar-refractivity contribution in [2.24, 2.45) is 5.92 Å². The molecule has 0 saturated heterocycles. The fourth-order valence-corrected chi connectivity index (χ4v) is 5.27. The van der Waals surface area contributed by atoms with E-state index >= 15 is 0 Å². The van der Waals surface area contributed by atoms with Crippen molar-refractivity contribution in [3.05, 3.63) is 41.2 Å². The van der Waals surface area contributed by atoms with E-state index < -0.39 is 8.07 Å². The lowest BCUT2D eigenvalue weighted by Crippen LogP contribution is -2.26. The zero-order chi connectivity index (χ0) is 25.9. The SMILES string of the molecule is CN/C=C(\C(=N)C1CC1)c1cnc2ccc(N(COCC[Si](C)(C)C)c3nnc(C(C)C)s3)nc2c1. The number of hydrogen-bond donors (Lipinski definition) is 2. The van der Waals surface area contributed by atoms with Crippen molar-refractivity contribution in [2.75, 3.05) is 25.3 Å². The average Bonchev–Trinajstić information content (AvgIpc) is 3.57. The summed E-state index contributed by atoms with van der Waals surface area (Å²) in [4.78, 5) is 11.6. The Morgan fingerprint density at radius 2 is 2.03 bits per heavy atom. The summed E-state index contributed by atoms with van der Waals surface area (Å²) in [5.41, 5.74) is 4.02. The number of aromatic nitrogens is 4. The fraction of sp³-hybridized carbons (Fsp3) is 0.500. The Morgan fingerprint density at radius 1 is 1.25 bits per heavy atom. The summed E-state index contributed by atoms with van der Waals surface area (Å²) >= 11 is 1.57. The highest BCUT2D eigenvalue weighted by Crippen LogP contribution is 2.36. The van der Waals surface area contributed by atoms with Crippen molar-refractivity contribution in [1.82, 2.24) is 25.5 Å². The maximum absolute atomic E-state index is 8.62. The zero-order valence-corrected chi connectivity index (χ0v) is 23.9. The summed E-state index contributed by atoms with van der Waals surface area (Å²) in [7, 11) is 0.667. The molecule has 192 valence electrons. The normalized spacial score (nSPS) is 14.5. The first-order valence-electron chi connectivity index (χ1n) is 12.6. The van der Waals surface area contributed by atoms with Crippen LogP contribution in [-0.4, -0.2) is 54.3 Å². The summed E-state index contributed by atoms with van der Waals surface area (Å²) in [6.07, 6.45) is 5.88. The molecule has 0 radical (unpaired) electrons. The van der Waals surface area contributed by atoms with Crippen LogP contribution in [0.15, 0.2) is 30.6 Å². The largest absolute Gasteiger partial charge is 0.393 e. The summed E-state index contributed by atoms with van der Waals surface area (Å²) < 4.78 is 6.12. The van der Waals surface area contributed by atoms with Gasteiger partial charge in [0.15, 0.2) is 0 Å². The molecule has 0 amide bonds. The van der Waals surface area contributed by atoms with Gasteiger partial charge in [-0.3, -0.25) is 9.88 Å². The van der Waals surface area contributed by atoms with Crippen LogP contribution in [0, 0.1) is 11.3 Å². The number of nitrogens with one attached hydrogen (secondary N) is 2. The van der Waals surface area contributed by atoms with Crippen LogP contribution in [0.2, 0.25) is 25.7 Å². The van der Waals surface area contributed by atoms with Crippen LogP contribution in [0.25, 0.3) is 16.6 Å². The molecule has 0 aromatic carbocycles. The Hall–Kier alpha value is -2.69. The third kappa shape index (κ3) is 6.54. The van der Waals surface area contributed by atoms with Crippen molar-refractivity contribution in [3.63, 3.8) is 0 Å². The number of fused-ring (bicyclic) bond motifs is 1. The highest BCUT2D eigenvalue weighted by molar-refractivity contribution is 7.15. The van der Waals surface area contributed by atoms with Crippen molar-refractivity contribution >= 4 is 52.7 Å². The van der Waals surface area contributed by atoms with Crippen LogP contribution in [0.5, 0.6) is 0 Å². The Labute approximate surface area is 218 Å². The van der Waals surface area contributed by atoms with E-state index in [4.69, 9.17) is 15.1 Å². The summed E-state index contributed by atoms with van der Waals surface area (Å²) in [5.74, 6) is 1.40. The van der Waals surface area contributed by atoms with Crippen LogP contribution in [0.4, 0.5) is 10.9 Å². The number of ether oxygens (including phenoxy) is 1. The van der Waals surface area contributed by atoms with E-state index in [1.807, 2.05) is 42.5 Å². The van der Waals surface area contributed by atoms with Gasteiger partial charge in [-0.25, -0.2) is 4.98 Å². The molecule has 1 saturated carbocycles. The second kappa shape index (κ2) is 11.1. The van der Waals surface area contributed by atoms with Crippen LogP contribution in [0.3, 0.4) is 0 Å². The quantitative estimate of drug-likeness (QED) is 0.129. The van der Waals surface area contributed by atoms with E-state index in [1.54, 1.807) is 11.3 Å². The predicted molar refractivity (Wildman–Crippen MR) is 152 cm³/mol. The summed E-state index contributed by atoms with van der Waals surface area (Å²) in [6.45, 7) is 12.4. The predicted octanol–water partition coefficient (Wildman–Crippen LogP) is 6.05. The van der Waals surface area contributed by atoms with Crippen molar-refractivity contribution < 1.29 is 4.74 Å². The van der Waals surface area contributed by atoms with Gasteiger partial charge in [0.2, 0.25) is 5.13 Å². The Morgan fingerprint density at radius 3 is 2.67 bits per heavy atom. The number of rotatable bonds is 12. The molecule has 1 aliphatic carbocycles. The Balaban J connectivity index is 1.66. The lowest BCUT2D eigenvalue weighted by atomic mass is 10.00. The highest BCUT2D eigenvalue weighted by atomic mass is 32.1. The Bertz CT molecular complexity index is 1250. The highest BCUT2D eigenvalue weighted by Gasteiger charge is 2.29. The summed E-state index contributed by atoms with van der Waals surface area (Å²) in [5, 5.41) is 22.3. The molecule has 0 atom stereocenters. The number of pyridine rings is 2. The van der Waals surface area contributed by atoms with Gasteiger partial charge in [0, 0.05) is 62.8 Å². The van der Waals surface area contributed by atoms with Crippen molar-refractivity contribution in [2.45, 2.75) is 58.3 Å². The third-order valence-electron chi connectivity index (χ3n) is 6.05. The molecular formula is C26H37N7OSSi. The summed E-state index contributed by atoms with van der Waals surface area (Å²) in [6, 6.07) is 7.06. The van der Waals surface area contributed by atoms with E-state index in [2.05, 4.69) is 54.0 Å². The lowest BCUT2D eigenvalue weighted by Gasteiger charge is -2.22. The maximum Gasteiger partial charge on any atom is 0.215 e. The van der Waals surface area contributed by atoms with E-state index in [-0.39, 0.29) is 0 Å². The number of nitrogens with zero attached hydrogens (tertiary/aromatic N) is 5. The zero-order valence-electron chi connectivity index (χ0n) is 22.1. The molecule has 1 fully saturated rings. The van der Waals surface area contributed by atoms with Gasteiger partial charge >= 0.3 is 0 Å². The van der Waals surface area contributed by atoms with Crippen LogP contribution >= 0.6 is 11.3 Å². The number of anilines is 2. The van der Waals surface area contributed by atoms with Gasteiger partial charge in [-0.2, -0.15) is 0 Å². The standard InChI is InChI=1S/C26H37N7OSSi/c1-17(2)25-31-32-26(35-25)33(16-34-11-12-36(4,5)6)23-10-9-21-22(30-23)13-19(14-29-21)20(15-28-3)24(27)18-7-8-18/h9-10,13-15,17-18,27-28H,7-8,11-12,16H2,1-6H3/b20-15-,27-24?. The monoisotopic (exact) mass is 523 g/mol. The van der Waals surface area contributed by atoms with Gasteiger partial charge in [0.1, 0.15) is 17.6 Å². The first-order chi connectivity index (χ1) is 17.2.